The van der Waals surface area contributed by atoms with Gasteiger partial charge >= 0.3 is 0 Å². The van der Waals surface area contributed by atoms with Gasteiger partial charge in [0.2, 0.25) is 5.91 Å². The predicted molar refractivity (Wildman–Crippen MR) is 57.7 cm³/mol. The first-order valence-corrected chi connectivity index (χ1v) is 5.32. The Hall–Kier alpha value is -0.570. The number of hydrogen-bond donors (Lipinski definition) is 1. The highest BCUT2D eigenvalue weighted by molar-refractivity contribution is 5.81. The summed E-state index contributed by atoms with van der Waals surface area (Å²) in [6.07, 6.45) is 1.06. The van der Waals surface area contributed by atoms with Gasteiger partial charge in [-0.15, -0.1) is 0 Å². The van der Waals surface area contributed by atoms with Crippen LogP contribution in [0, 0.1) is 17.3 Å². The van der Waals surface area contributed by atoms with Crippen molar-refractivity contribution in [3.8, 4) is 0 Å². The number of amides is 1. The van der Waals surface area contributed by atoms with Gasteiger partial charge in [0.25, 0.3) is 0 Å². The van der Waals surface area contributed by atoms with E-state index in [1.165, 1.54) is 0 Å². The zero-order valence-corrected chi connectivity index (χ0v) is 9.71. The largest absolute Gasteiger partial charge is 0.345 e. The van der Waals surface area contributed by atoms with Crippen LogP contribution in [0.5, 0.6) is 0 Å². The Kier molecular flexibility index (Phi) is 3.20. The summed E-state index contributed by atoms with van der Waals surface area (Å²) in [6, 6.07) is 0. The van der Waals surface area contributed by atoms with Gasteiger partial charge in [-0.3, -0.25) is 4.79 Å². The molecule has 0 spiro atoms. The quantitative estimate of drug-likeness (QED) is 0.735. The maximum absolute atomic E-state index is 11.8. The molecule has 0 radical (unpaired) electrons. The van der Waals surface area contributed by atoms with Crippen LogP contribution in [-0.4, -0.2) is 30.9 Å². The van der Waals surface area contributed by atoms with Crippen molar-refractivity contribution in [3.05, 3.63) is 0 Å². The van der Waals surface area contributed by atoms with Crippen LogP contribution in [-0.2, 0) is 4.79 Å². The Morgan fingerprint density at radius 1 is 1.57 bits per heavy atom. The molecule has 0 heterocycles. The van der Waals surface area contributed by atoms with Gasteiger partial charge in [0, 0.05) is 19.5 Å². The number of hydrogen-bond acceptors (Lipinski definition) is 2. The molecule has 1 amide bonds. The van der Waals surface area contributed by atoms with Gasteiger partial charge < -0.3 is 10.6 Å². The minimum Gasteiger partial charge on any atom is -0.345 e. The number of carbonyl (C=O) groups is 1. The van der Waals surface area contributed by atoms with Gasteiger partial charge in [0.15, 0.2) is 0 Å². The Labute approximate surface area is 86.6 Å². The SMILES string of the molecule is CC1CC1C(=O)N(C)CC(C)(C)CN. The first-order chi connectivity index (χ1) is 6.37. The standard InChI is InChI=1S/C11H22N2O/c1-8-5-9(8)10(14)13(4)7-11(2,3)6-12/h8-9H,5-7,12H2,1-4H3. The molecule has 2 N–H and O–H groups in total. The fraction of sp³-hybridized carbons (Fsp3) is 0.909. The first-order valence-electron chi connectivity index (χ1n) is 5.32. The summed E-state index contributed by atoms with van der Waals surface area (Å²) in [6.45, 7) is 7.68. The Bertz CT molecular complexity index is 225. The molecular weight excluding hydrogens is 176 g/mol. The number of carbonyl (C=O) groups excluding carboxylic acids is 1. The second kappa shape index (κ2) is 3.89. The van der Waals surface area contributed by atoms with E-state index in [0.717, 1.165) is 13.0 Å². The van der Waals surface area contributed by atoms with Crippen molar-refractivity contribution in [2.45, 2.75) is 27.2 Å². The zero-order chi connectivity index (χ0) is 10.9. The highest BCUT2D eigenvalue weighted by Gasteiger charge is 2.41. The van der Waals surface area contributed by atoms with Crippen molar-refractivity contribution in [1.29, 1.82) is 0 Å². The third-order valence-electron chi connectivity index (χ3n) is 3.02. The van der Waals surface area contributed by atoms with E-state index in [9.17, 15) is 4.79 Å². The molecule has 1 aliphatic carbocycles. The fourth-order valence-electron chi connectivity index (χ4n) is 1.73. The van der Waals surface area contributed by atoms with E-state index in [1.807, 2.05) is 11.9 Å². The molecule has 82 valence electrons. The number of nitrogens with zero attached hydrogens (tertiary/aromatic N) is 1. The topological polar surface area (TPSA) is 46.3 Å². The maximum Gasteiger partial charge on any atom is 0.225 e. The summed E-state index contributed by atoms with van der Waals surface area (Å²) in [7, 11) is 1.88. The summed E-state index contributed by atoms with van der Waals surface area (Å²) in [5.41, 5.74) is 5.67. The molecule has 0 aliphatic heterocycles. The third-order valence-corrected chi connectivity index (χ3v) is 3.02. The van der Waals surface area contributed by atoms with Crippen LogP contribution in [0.15, 0.2) is 0 Å². The second-order valence-electron chi connectivity index (χ2n) is 5.38. The van der Waals surface area contributed by atoms with E-state index in [2.05, 4.69) is 20.8 Å². The molecule has 0 aromatic carbocycles. The Morgan fingerprint density at radius 2 is 2.07 bits per heavy atom. The van der Waals surface area contributed by atoms with E-state index in [1.54, 1.807) is 0 Å². The molecule has 1 rings (SSSR count). The minimum atomic E-state index is 0.0303. The predicted octanol–water partition coefficient (Wildman–Crippen LogP) is 1.09. The van der Waals surface area contributed by atoms with Gasteiger partial charge in [-0.25, -0.2) is 0 Å². The van der Waals surface area contributed by atoms with Crippen molar-refractivity contribution >= 4 is 5.91 Å². The smallest absolute Gasteiger partial charge is 0.225 e. The molecule has 1 saturated carbocycles. The lowest BCUT2D eigenvalue weighted by Gasteiger charge is -2.29. The lowest BCUT2D eigenvalue weighted by molar-refractivity contribution is -0.132. The van der Waals surface area contributed by atoms with Gasteiger partial charge in [0.1, 0.15) is 0 Å². The van der Waals surface area contributed by atoms with Crippen molar-refractivity contribution in [1.82, 2.24) is 4.90 Å². The molecular formula is C11H22N2O. The van der Waals surface area contributed by atoms with Crippen LogP contribution >= 0.6 is 0 Å². The molecule has 14 heavy (non-hydrogen) atoms. The summed E-state index contributed by atoms with van der Waals surface area (Å²) < 4.78 is 0. The highest BCUT2D eigenvalue weighted by atomic mass is 16.2. The van der Waals surface area contributed by atoms with Gasteiger partial charge in [-0.2, -0.15) is 0 Å². The maximum atomic E-state index is 11.8. The second-order valence-corrected chi connectivity index (χ2v) is 5.38. The van der Waals surface area contributed by atoms with E-state index >= 15 is 0 Å². The first kappa shape index (κ1) is 11.5. The average molecular weight is 198 g/mol. The third kappa shape index (κ3) is 2.71. The lowest BCUT2D eigenvalue weighted by atomic mass is 9.93. The van der Waals surface area contributed by atoms with Crippen LogP contribution in [0.1, 0.15) is 27.2 Å². The number of nitrogens with two attached hydrogens (primary N) is 1. The van der Waals surface area contributed by atoms with E-state index in [-0.39, 0.29) is 11.3 Å². The van der Waals surface area contributed by atoms with Crippen LogP contribution < -0.4 is 5.73 Å². The summed E-state index contributed by atoms with van der Waals surface area (Å²) in [5.74, 6) is 1.17. The summed E-state index contributed by atoms with van der Waals surface area (Å²) in [4.78, 5) is 13.6. The van der Waals surface area contributed by atoms with E-state index in [4.69, 9.17) is 5.73 Å². The molecule has 1 fully saturated rings. The summed E-state index contributed by atoms with van der Waals surface area (Å²) in [5, 5.41) is 0. The fourth-order valence-corrected chi connectivity index (χ4v) is 1.73. The van der Waals surface area contributed by atoms with Gasteiger partial charge in [-0.05, 0) is 24.3 Å². The van der Waals surface area contributed by atoms with Crippen LogP contribution in [0.4, 0.5) is 0 Å². The monoisotopic (exact) mass is 198 g/mol. The molecule has 0 aromatic rings. The average Bonchev–Trinajstić information content (AvgIpc) is 2.80. The van der Waals surface area contributed by atoms with E-state index in [0.29, 0.717) is 18.4 Å². The van der Waals surface area contributed by atoms with Gasteiger partial charge in [0.05, 0.1) is 0 Å². The van der Waals surface area contributed by atoms with Crippen LogP contribution in [0.2, 0.25) is 0 Å². The molecule has 2 unspecified atom stereocenters. The zero-order valence-electron chi connectivity index (χ0n) is 9.71. The molecule has 0 bridgehead atoms. The Morgan fingerprint density at radius 3 is 2.43 bits per heavy atom. The van der Waals surface area contributed by atoms with E-state index < -0.39 is 0 Å². The molecule has 1 aliphatic rings. The lowest BCUT2D eigenvalue weighted by Crippen LogP contribution is -2.40. The van der Waals surface area contributed by atoms with Crippen molar-refractivity contribution in [2.75, 3.05) is 20.1 Å². The number of rotatable bonds is 4. The Balaban J connectivity index is 2.42. The minimum absolute atomic E-state index is 0.0303. The normalized spacial score (nSPS) is 26.1. The van der Waals surface area contributed by atoms with Crippen molar-refractivity contribution in [2.24, 2.45) is 23.0 Å². The molecule has 3 nitrogen and oxygen atoms in total. The van der Waals surface area contributed by atoms with Crippen molar-refractivity contribution in [3.63, 3.8) is 0 Å². The van der Waals surface area contributed by atoms with Gasteiger partial charge in [-0.1, -0.05) is 20.8 Å². The van der Waals surface area contributed by atoms with Crippen LogP contribution in [0.25, 0.3) is 0 Å². The molecule has 3 heteroatoms. The van der Waals surface area contributed by atoms with Crippen LogP contribution in [0.3, 0.4) is 0 Å². The van der Waals surface area contributed by atoms with Crippen molar-refractivity contribution < 1.29 is 4.79 Å². The molecule has 0 aromatic heterocycles. The highest BCUT2D eigenvalue weighted by Crippen LogP contribution is 2.39. The molecule has 0 saturated heterocycles. The molecule has 2 atom stereocenters. The summed E-state index contributed by atoms with van der Waals surface area (Å²) >= 11 is 0.